The van der Waals surface area contributed by atoms with E-state index in [-0.39, 0.29) is 10.6 Å². The average molecular weight is 320 g/mol. The Labute approximate surface area is 121 Å². The Kier molecular flexibility index (Phi) is 3.70. The van der Waals surface area contributed by atoms with Crippen molar-refractivity contribution in [2.45, 2.75) is 6.04 Å². The van der Waals surface area contributed by atoms with E-state index in [1.54, 1.807) is 0 Å². The maximum Gasteiger partial charge on any atom is 0.329 e. The molecule has 0 bridgehead atoms. The first-order valence-electron chi connectivity index (χ1n) is 5.61. The molecule has 13 heteroatoms. The molecule has 1 unspecified atom stereocenters. The van der Waals surface area contributed by atoms with Gasteiger partial charge in [0.05, 0.1) is 6.08 Å². The van der Waals surface area contributed by atoms with Gasteiger partial charge >= 0.3 is 5.82 Å². The molecule has 0 saturated heterocycles. The number of hydrogen-bond donors (Lipinski definition) is 6. The Hall–Kier alpha value is -1.72. The third-order valence-corrected chi connectivity index (χ3v) is 2.93. The topological polar surface area (TPSA) is 194 Å². The summed E-state index contributed by atoms with van der Waals surface area (Å²) in [5, 5.41) is 85.3. The van der Waals surface area contributed by atoms with Crippen LogP contribution >= 0.6 is 0 Å². The highest BCUT2D eigenvalue weighted by Crippen LogP contribution is 2.42. The van der Waals surface area contributed by atoms with Crippen molar-refractivity contribution in [1.29, 1.82) is 0 Å². The summed E-state index contributed by atoms with van der Waals surface area (Å²) >= 11 is 0. The molecule has 22 heavy (non-hydrogen) atoms. The standard InChI is InChI=1S/C9H12N4O9/c14-11(15,16)8-5-9(12(17,18)19)10(13(20,21)22)7-4-2-1-3-6(7)8/h1-5,8,14-15,17-18,20-21H. The lowest BCUT2D eigenvalue weighted by atomic mass is 10.0. The molecule has 0 saturated carbocycles. The quantitative estimate of drug-likeness (QED) is 0.338. The second-order valence-electron chi connectivity index (χ2n) is 4.49. The minimum Gasteiger partial charge on any atom is -0.564 e. The predicted molar refractivity (Wildman–Crippen MR) is 61.3 cm³/mol. The van der Waals surface area contributed by atoms with Gasteiger partial charge in [0.2, 0.25) is 6.04 Å². The van der Waals surface area contributed by atoms with Gasteiger partial charge in [0.15, 0.2) is 0 Å². The lowest BCUT2D eigenvalue weighted by Crippen LogP contribution is -2.59. The van der Waals surface area contributed by atoms with Gasteiger partial charge in [-0.2, -0.15) is 31.2 Å². The summed E-state index contributed by atoms with van der Waals surface area (Å²) in [5.41, 5.74) is -0.825. The van der Waals surface area contributed by atoms with Gasteiger partial charge in [-0.3, -0.25) is 0 Å². The minimum atomic E-state index is -3.33. The monoisotopic (exact) mass is 320 g/mol. The molecular formula is C9H12N4O9. The maximum absolute atomic E-state index is 11.4. The zero-order valence-corrected chi connectivity index (χ0v) is 10.7. The highest BCUT2D eigenvalue weighted by molar-refractivity contribution is 5.59. The van der Waals surface area contributed by atoms with Crippen LogP contribution in [0.1, 0.15) is 11.6 Å². The molecule has 0 radical (unpaired) electrons. The van der Waals surface area contributed by atoms with Gasteiger partial charge < -0.3 is 15.6 Å². The fraction of sp³-hybridized carbons (Fsp3) is 0.111. The van der Waals surface area contributed by atoms with E-state index in [1.165, 1.54) is 12.1 Å². The summed E-state index contributed by atoms with van der Waals surface area (Å²) in [5.74, 6) is -1.44. The highest BCUT2D eigenvalue weighted by Gasteiger charge is 2.49. The van der Waals surface area contributed by atoms with Crippen LogP contribution in [0.25, 0.3) is 0 Å². The van der Waals surface area contributed by atoms with Crippen molar-refractivity contribution in [3.8, 4) is 0 Å². The van der Waals surface area contributed by atoms with Crippen molar-refractivity contribution in [2.75, 3.05) is 5.01 Å². The molecule has 1 aromatic carbocycles. The number of nitrogens with zero attached hydrogens (tertiary/aromatic N) is 4. The van der Waals surface area contributed by atoms with E-state index < -0.39 is 32.6 Å². The molecule has 1 aliphatic rings. The minimum absolute atomic E-state index is 0.172. The number of rotatable bonds is 3. The molecule has 0 spiro atoms. The maximum atomic E-state index is 11.4. The van der Waals surface area contributed by atoms with Crippen LogP contribution < -0.4 is 5.01 Å². The van der Waals surface area contributed by atoms with Crippen molar-refractivity contribution in [3.63, 3.8) is 0 Å². The van der Waals surface area contributed by atoms with E-state index >= 15 is 0 Å². The Morgan fingerprint density at radius 3 is 1.91 bits per heavy atom. The van der Waals surface area contributed by atoms with Crippen LogP contribution in [0.2, 0.25) is 0 Å². The highest BCUT2D eigenvalue weighted by atomic mass is 17.1. The van der Waals surface area contributed by atoms with Crippen molar-refractivity contribution in [3.05, 3.63) is 57.3 Å². The van der Waals surface area contributed by atoms with E-state index in [9.17, 15) is 15.6 Å². The third-order valence-electron chi connectivity index (χ3n) is 2.93. The van der Waals surface area contributed by atoms with Crippen molar-refractivity contribution >= 4 is 5.69 Å². The average Bonchev–Trinajstić information content (AvgIpc) is 2.33. The summed E-state index contributed by atoms with van der Waals surface area (Å²) in [6.07, 6.45) is 0.305. The Morgan fingerprint density at radius 1 is 0.909 bits per heavy atom. The molecule has 1 aliphatic heterocycles. The number of anilines is 1. The number of quaternary nitrogens is 3. The van der Waals surface area contributed by atoms with Crippen LogP contribution in [-0.4, -0.2) is 46.3 Å². The van der Waals surface area contributed by atoms with Gasteiger partial charge in [-0.15, -0.1) is 0 Å². The lowest BCUT2D eigenvalue weighted by molar-refractivity contribution is -1.24. The Balaban J connectivity index is 2.75. The molecule has 1 aromatic rings. The van der Waals surface area contributed by atoms with Crippen molar-refractivity contribution in [2.24, 2.45) is 0 Å². The molecule has 0 aromatic heterocycles. The zero-order chi connectivity index (χ0) is 16.9. The second-order valence-corrected chi connectivity index (χ2v) is 4.49. The van der Waals surface area contributed by atoms with Gasteiger partial charge in [-0.05, 0) is 11.0 Å². The number of fused-ring (bicyclic) bond motifs is 1. The summed E-state index contributed by atoms with van der Waals surface area (Å²) in [6, 6.07) is 2.76. The zero-order valence-electron chi connectivity index (χ0n) is 10.7. The Morgan fingerprint density at radius 2 is 1.45 bits per heavy atom. The summed E-state index contributed by atoms with van der Waals surface area (Å²) in [7, 11) is 0. The molecule has 0 fully saturated rings. The van der Waals surface area contributed by atoms with E-state index in [0.717, 1.165) is 12.1 Å². The van der Waals surface area contributed by atoms with Crippen LogP contribution in [0.15, 0.2) is 36.2 Å². The van der Waals surface area contributed by atoms with Crippen LogP contribution in [-0.2, 0) is 0 Å². The van der Waals surface area contributed by atoms with Gasteiger partial charge in [-0.25, -0.2) is 0 Å². The van der Waals surface area contributed by atoms with E-state index in [4.69, 9.17) is 31.2 Å². The molecule has 0 aliphatic carbocycles. The van der Waals surface area contributed by atoms with Crippen LogP contribution in [0.4, 0.5) is 5.69 Å². The number of benzene rings is 1. The molecule has 1 heterocycles. The lowest BCUT2D eigenvalue weighted by Gasteiger charge is -2.43. The van der Waals surface area contributed by atoms with E-state index in [2.05, 4.69) is 0 Å². The largest absolute Gasteiger partial charge is 0.564 e. The van der Waals surface area contributed by atoms with Crippen molar-refractivity contribution < 1.29 is 46.3 Å². The van der Waals surface area contributed by atoms with Crippen LogP contribution in [0, 0.1) is 15.6 Å². The molecule has 13 nitrogen and oxygen atoms in total. The van der Waals surface area contributed by atoms with E-state index in [0.29, 0.717) is 6.08 Å². The second kappa shape index (κ2) is 4.89. The molecule has 2 rings (SSSR count). The molecular weight excluding hydrogens is 308 g/mol. The number of hydrogen-bond acceptors (Lipinski definition) is 10. The molecule has 1 atom stereocenters. The van der Waals surface area contributed by atoms with Gasteiger partial charge in [0.1, 0.15) is 5.69 Å². The fourth-order valence-corrected chi connectivity index (χ4v) is 2.13. The predicted octanol–water partition coefficient (Wildman–Crippen LogP) is 0.583. The normalized spacial score (nSPS) is 19.8. The first-order valence-corrected chi connectivity index (χ1v) is 5.61. The van der Waals surface area contributed by atoms with E-state index in [1.807, 2.05) is 0 Å². The molecule has 122 valence electrons. The van der Waals surface area contributed by atoms with Gasteiger partial charge in [0.25, 0.3) is 0 Å². The van der Waals surface area contributed by atoms with Gasteiger partial charge in [-0.1, -0.05) is 28.2 Å². The summed E-state index contributed by atoms with van der Waals surface area (Å²) in [4.78, 5) is -6.31. The van der Waals surface area contributed by atoms with Crippen LogP contribution in [0.3, 0.4) is 0 Å². The number of para-hydroxylation sites is 1. The first kappa shape index (κ1) is 16.6. The smallest absolute Gasteiger partial charge is 0.329 e. The van der Waals surface area contributed by atoms with Crippen LogP contribution in [0.5, 0.6) is 0 Å². The Bertz CT molecular complexity index is 600. The molecule has 6 N–H and O–H groups in total. The number of hydroxylamine groups is 6. The SMILES string of the molecule is [O-][N+](O)(O)C1=CC([N+]([O-])(O)O)c2ccccc2N1[N+]([O-])(O)O. The first-order chi connectivity index (χ1) is 9.83. The third kappa shape index (κ3) is 2.91. The van der Waals surface area contributed by atoms with Gasteiger partial charge in [0, 0.05) is 10.6 Å². The summed E-state index contributed by atoms with van der Waals surface area (Å²) < 4.78 is 0. The molecule has 0 amide bonds. The van der Waals surface area contributed by atoms with Crippen molar-refractivity contribution in [1.82, 2.24) is 0 Å². The summed E-state index contributed by atoms with van der Waals surface area (Å²) in [6.45, 7) is 0. The fourth-order valence-electron chi connectivity index (χ4n) is 2.13.